The number of aliphatic carboxylic acids is 1. The Kier molecular flexibility index (Phi) is 3.39. The Hall–Kier alpha value is -1.16. The van der Waals surface area contributed by atoms with Crippen LogP contribution in [-0.2, 0) is 4.79 Å². The molecule has 4 heteroatoms. The molecule has 1 unspecified atom stereocenters. The van der Waals surface area contributed by atoms with E-state index < -0.39 is 5.97 Å². The second-order valence-corrected chi connectivity index (χ2v) is 4.91. The summed E-state index contributed by atoms with van der Waals surface area (Å²) in [6, 6.07) is 6.03. The van der Waals surface area contributed by atoms with Gasteiger partial charge < -0.3 is 9.84 Å². The third-order valence-electron chi connectivity index (χ3n) is 2.80. The molecular formula is C12H14O3S. The van der Waals surface area contributed by atoms with Gasteiger partial charge in [-0.25, -0.2) is 0 Å². The molecule has 1 aromatic carbocycles. The van der Waals surface area contributed by atoms with Crippen molar-refractivity contribution in [3.63, 3.8) is 0 Å². The molecule has 0 radical (unpaired) electrons. The van der Waals surface area contributed by atoms with Gasteiger partial charge in [-0.2, -0.15) is 0 Å². The average molecular weight is 238 g/mol. The van der Waals surface area contributed by atoms with Crippen LogP contribution in [0.25, 0.3) is 0 Å². The smallest absolute Gasteiger partial charge is 0.303 e. The quantitative estimate of drug-likeness (QED) is 0.876. The summed E-state index contributed by atoms with van der Waals surface area (Å²) in [6.45, 7) is 0. The van der Waals surface area contributed by atoms with E-state index >= 15 is 0 Å². The molecule has 0 aromatic heterocycles. The van der Waals surface area contributed by atoms with Crippen molar-refractivity contribution in [2.24, 2.45) is 0 Å². The molecule has 0 amide bonds. The molecule has 3 nitrogen and oxygen atoms in total. The van der Waals surface area contributed by atoms with Gasteiger partial charge in [-0.05, 0) is 36.1 Å². The Morgan fingerprint density at radius 1 is 1.62 bits per heavy atom. The second-order valence-electron chi connectivity index (χ2n) is 3.84. The molecule has 86 valence electrons. The lowest BCUT2D eigenvalue weighted by Gasteiger charge is -2.10. The normalized spacial score (nSPS) is 18.2. The number of methoxy groups -OCH3 is 1. The summed E-state index contributed by atoms with van der Waals surface area (Å²) >= 11 is 1.80. The summed E-state index contributed by atoms with van der Waals surface area (Å²) in [7, 11) is 1.65. The highest BCUT2D eigenvalue weighted by atomic mass is 32.2. The maximum atomic E-state index is 10.6. The first-order chi connectivity index (χ1) is 7.70. The van der Waals surface area contributed by atoms with Gasteiger partial charge in [0.2, 0.25) is 0 Å². The average Bonchev–Trinajstić information content (AvgIpc) is 2.68. The van der Waals surface area contributed by atoms with Crippen molar-refractivity contribution in [3.05, 3.63) is 23.8 Å². The second kappa shape index (κ2) is 4.78. The molecule has 1 atom stereocenters. The predicted molar refractivity (Wildman–Crippen MR) is 63.3 cm³/mol. The molecule has 1 N–H and O–H groups in total. The lowest BCUT2D eigenvalue weighted by atomic mass is 9.96. The summed E-state index contributed by atoms with van der Waals surface area (Å²) < 4.78 is 5.19. The van der Waals surface area contributed by atoms with Crippen molar-refractivity contribution >= 4 is 17.7 Å². The fourth-order valence-electron chi connectivity index (χ4n) is 1.92. The van der Waals surface area contributed by atoms with E-state index in [1.165, 1.54) is 10.5 Å². The SMILES string of the molecule is COc1ccc2c(c1)C(CCC(=O)O)CS2. The number of rotatable bonds is 4. The molecule has 0 fully saturated rings. The summed E-state index contributed by atoms with van der Waals surface area (Å²) in [5.41, 5.74) is 1.24. The van der Waals surface area contributed by atoms with Gasteiger partial charge in [0.05, 0.1) is 7.11 Å². The number of benzene rings is 1. The minimum Gasteiger partial charge on any atom is -0.497 e. The van der Waals surface area contributed by atoms with E-state index in [1.807, 2.05) is 12.1 Å². The van der Waals surface area contributed by atoms with Crippen molar-refractivity contribution in [2.75, 3.05) is 12.9 Å². The monoisotopic (exact) mass is 238 g/mol. The van der Waals surface area contributed by atoms with Crippen molar-refractivity contribution in [1.82, 2.24) is 0 Å². The standard InChI is InChI=1S/C12H14O3S/c1-15-9-3-4-11-10(6-9)8(7-16-11)2-5-12(13)14/h3-4,6,8H,2,5,7H2,1H3,(H,13,14). The summed E-state index contributed by atoms with van der Waals surface area (Å²) in [4.78, 5) is 11.8. The number of hydrogen-bond donors (Lipinski definition) is 1. The highest BCUT2D eigenvalue weighted by Gasteiger charge is 2.24. The van der Waals surface area contributed by atoms with E-state index in [4.69, 9.17) is 9.84 Å². The molecule has 16 heavy (non-hydrogen) atoms. The first kappa shape index (κ1) is 11.3. The van der Waals surface area contributed by atoms with E-state index in [1.54, 1.807) is 18.9 Å². The number of carboxylic acids is 1. The van der Waals surface area contributed by atoms with E-state index in [0.29, 0.717) is 12.3 Å². The van der Waals surface area contributed by atoms with Gasteiger partial charge in [0.1, 0.15) is 5.75 Å². The van der Waals surface area contributed by atoms with Crippen LogP contribution in [0.2, 0.25) is 0 Å². The topological polar surface area (TPSA) is 46.5 Å². The van der Waals surface area contributed by atoms with Gasteiger partial charge in [-0.1, -0.05) is 0 Å². The summed E-state index contributed by atoms with van der Waals surface area (Å²) in [6.07, 6.45) is 0.949. The van der Waals surface area contributed by atoms with Crippen LogP contribution in [0.4, 0.5) is 0 Å². The molecule has 1 aliphatic heterocycles. The Morgan fingerprint density at radius 3 is 3.12 bits per heavy atom. The molecule has 1 heterocycles. The minimum atomic E-state index is -0.721. The zero-order valence-electron chi connectivity index (χ0n) is 9.10. The van der Waals surface area contributed by atoms with Crippen molar-refractivity contribution in [3.8, 4) is 5.75 Å². The number of fused-ring (bicyclic) bond motifs is 1. The molecular weight excluding hydrogens is 224 g/mol. The maximum Gasteiger partial charge on any atom is 0.303 e. The van der Waals surface area contributed by atoms with E-state index in [2.05, 4.69) is 6.07 Å². The van der Waals surface area contributed by atoms with Crippen LogP contribution < -0.4 is 4.74 Å². The van der Waals surface area contributed by atoms with Gasteiger partial charge in [0.25, 0.3) is 0 Å². The fourth-order valence-corrected chi connectivity index (χ4v) is 3.20. The van der Waals surface area contributed by atoms with Crippen LogP contribution in [0.15, 0.2) is 23.1 Å². The first-order valence-electron chi connectivity index (χ1n) is 5.23. The van der Waals surface area contributed by atoms with Gasteiger partial charge >= 0.3 is 5.97 Å². The van der Waals surface area contributed by atoms with Crippen molar-refractivity contribution in [1.29, 1.82) is 0 Å². The summed E-state index contributed by atoms with van der Waals surface area (Å²) in [5.74, 6) is 1.46. The largest absolute Gasteiger partial charge is 0.497 e. The Labute approximate surface area is 98.8 Å². The number of carbonyl (C=O) groups is 1. The number of hydrogen-bond acceptors (Lipinski definition) is 3. The van der Waals surface area contributed by atoms with Crippen LogP contribution in [0.5, 0.6) is 5.75 Å². The van der Waals surface area contributed by atoms with Crippen LogP contribution in [-0.4, -0.2) is 23.9 Å². The highest BCUT2D eigenvalue weighted by molar-refractivity contribution is 7.99. The van der Waals surface area contributed by atoms with E-state index in [-0.39, 0.29) is 6.42 Å². The van der Waals surface area contributed by atoms with Gasteiger partial charge in [-0.3, -0.25) is 4.79 Å². The molecule has 0 saturated heterocycles. The maximum absolute atomic E-state index is 10.6. The van der Waals surface area contributed by atoms with Crippen LogP contribution in [0.3, 0.4) is 0 Å². The highest BCUT2D eigenvalue weighted by Crippen LogP contribution is 2.43. The lowest BCUT2D eigenvalue weighted by molar-refractivity contribution is -0.137. The number of carboxylic acid groups (broad SMARTS) is 1. The first-order valence-corrected chi connectivity index (χ1v) is 6.22. The molecule has 0 spiro atoms. The third kappa shape index (κ3) is 2.32. The Morgan fingerprint density at radius 2 is 2.44 bits per heavy atom. The van der Waals surface area contributed by atoms with Crippen LogP contribution in [0.1, 0.15) is 24.3 Å². The van der Waals surface area contributed by atoms with Crippen LogP contribution >= 0.6 is 11.8 Å². The Bertz CT molecular complexity index is 403. The number of ether oxygens (including phenoxy) is 1. The zero-order valence-corrected chi connectivity index (χ0v) is 9.92. The molecule has 2 rings (SSSR count). The predicted octanol–water partition coefficient (Wildman–Crippen LogP) is 2.75. The van der Waals surface area contributed by atoms with Crippen molar-refractivity contribution in [2.45, 2.75) is 23.7 Å². The van der Waals surface area contributed by atoms with Gasteiger partial charge in [0, 0.05) is 17.1 Å². The fraction of sp³-hybridized carbons (Fsp3) is 0.417. The molecule has 0 aliphatic carbocycles. The van der Waals surface area contributed by atoms with Crippen molar-refractivity contribution < 1.29 is 14.6 Å². The lowest BCUT2D eigenvalue weighted by Crippen LogP contribution is -2.02. The van der Waals surface area contributed by atoms with Gasteiger partial charge in [-0.15, -0.1) is 11.8 Å². The molecule has 1 aliphatic rings. The molecule has 0 bridgehead atoms. The van der Waals surface area contributed by atoms with E-state index in [0.717, 1.165) is 11.5 Å². The summed E-state index contributed by atoms with van der Waals surface area (Å²) in [5, 5.41) is 8.69. The number of thioether (sulfide) groups is 1. The van der Waals surface area contributed by atoms with Crippen LogP contribution in [0, 0.1) is 0 Å². The molecule has 1 aromatic rings. The zero-order chi connectivity index (χ0) is 11.5. The molecule has 0 saturated carbocycles. The van der Waals surface area contributed by atoms with E-state index in [9.17, 15) is 4.79 Å². The minimum absolute atomic E-state index is 0.238. The Balaban J connectivity index is 2.14. The third-order valence-corrected chi connectivity index (χ3v) is 4.06. The van der Waals surface area contributed by atoms with Gasteiger partial charge in [0.15, 0.2) is 0 Å².